The van der Waals surface area contributed by atoms with Crippen LogP contribution in [0.5, 0.6) is 5.75 Å². The molecular formula is C18H19NO3. The Morgan fingerprint density at radius 3 is 2.64 bits per heavy atom. The lowest BCUT2D eigenvalue weighted by Crippen LogP contribution is -2.24. The van der Waals surface area contributed by atoms with Gasteiger partial charge in [0.15, 0.2) is 0 Å². The Hall–Kier alpha value is -2.49. The molecule has 0 amide bonds. The van der Waals surface area contributed by atoms with Gasteiger partial charge >= 0.3 is 5.97 Å². The molecule has 2 aromatic rings. The van der Waals surface area contributed by atoms with Crippen molar-refractivity contribution in [2.75, 3.05) is 12.8 Å². The van der Waals surface area contributed by atoms with Crippen LogP contribution in [0.3, 0.4) is 0 Å². The van der Waals surface area contributed by atoms with Crippen molar-refractivity contribution in [2.45, 2.75) is 25.9 Å². The molecule has 4 nitrogen and oxygen atoms in total. The van der Waals surface area contributed by atoms with Gasteiger partial charge in [-0.2, -0.15) is 0 Å². The number of esters is 1. The van der Waals surface area contributed by atoms with Crippen molar-refractivity contribution in [3.63, 3.8) is 0 Å². The van der Waals surface area contributed by atoms with Crippen LogP contribution in [0.2, 0.25) is 0 Å². The summed E-state index contributed by atoms with van der Waals surface area (Å²) in [5.74, 6) is 0.376. The number of benzene rings is 2. The molecule has 0 unspecified atom stereocenters. The standard InChI is InChI=1S/C18H19NO3/c1-18(2)10-14-12(8-9-15(19)16(14)22-18)11-6-4-5-7-13(11)17(20)21-3/h4-9H,10,19H2,1-3H3. The number of methoxy groups -OCH3 is 1. The van der Waals surface area contributed by atoms with E-state index in [2.05, 4.69) is 0 Å². The van der Waals surface area contributed by atoms with E-state index in [-0.39, 0.29) is 11.6 Å². The molecule has 0 spiro atoms. The van der Waals surface area contributed by atoms with E-state index in [0.29, 0.717) is 11.3 Å². The second kappa shape index (κ2) is 5.05. The molecule has 1 aliphatic rings. The van der Waals surface area contributed by atoms with Gasteiger partial charge in [-0.1, -0.05) is 24.3 Å². The molecule has 0 radical (unpaired) electrons. The highest BCUT2D eigenvalue weighted by molar-refractivity contribution is 5.98. The van der Waals surface area contributed by atoms with Gasteiger partial charge in [-0.15, -0.1) is 0 Å². The number of ether oxygens (including phenoxy) is 2. The van der Waals surface area contributed by atoms with Crippen molar-refractivity contribution in [3.05, 3.63) is 47.5 Å². The van der Waals surface area contributed by atoms with Crippen molar-refractivity contribution in [1.29, 1.82) is 0 Å². The number of hydrogen-bond donors (Lipinski definition) is 1. The SMILES string of the molecule is COC(=O)c1ccccc1-c1ccc(N)c2c1CC(C)(C)O2. The van der Waals surface area contributed by atoms with E-state index in [1.165, 1.54) is 7.11 Å². The molecule has 22 heavy (non-hydrogen) atoms. The molecule has 0 aliphatic carbocycles. The Morgan fingerprint density at radius 2 is 1.91 bits per heavy atom. The largest absolute Gasteiger partial charge is 0.485 e. The molecule has 1 heterocycles. The van der Waals surface area contributed by atoms with Crippen LogP contribution in [0.1, 0.15) is 29.8 Å². The number of carbonyl (C=O) groups excluding carboxylic acids is 1. The van der Waals surface area contributed by atoms with Gasteiger partial charge < -0.3 is 15.2 Å². The minimum atomic E-state index is -0.348. The summed E-state index contributed by atoms with van der Waals surface area (Å²) < 4.78 is 10.9. The topological polar surface area (TPSA) is 61.5 Å². The van der Waals surface area contributed by atoms with E-state index in [0.717, 1.165) is 28.9 Å². The molecule has 114 valence electrons. The molecule has 0 fully saturated rings. The van der Waals surface area contributed by atoms with Crippen LogP contribution in [-0.4, -0.2) is 18.7 Å². The fourth-order valence-corrected chi connectivity index (χ4v) is 2.94. The van der Waals surface area contributed by atoms with Gasteiger partial charge in [-0.05, 0) is 37.1 Å². The molecule has 2 aromatic carbocycles. The predicted molar refractivity (Wildman–Crippen MR) is 86.0 cm³/mol. The van der Waals surface area contributed by atoms with Crippen molar-refractivity contribution in [2.24, 2.45) is 0 Å². The fourth-order valence-electron chi connectivity index (χ4n) is 2.94. The molecule has 4 heteroatoms. The van der Waals surface area contributed by atoms with Gasteiger partial charge in [0.25, 0.3) is 0 Å². The van der Waals surface area contributed by atoms with Gasteiger partial charge in [0.1, 0.15) is 11.4 Å². The summed E-state index contributed by atoms with van der Waals surface area (Å²) in [5, 5.41) is 0. The second-order valence-corrected chi connectivity index (χ2v) is 6.09. The first-order valence-electron chi connectivity index (χ1n) is 7.21. The number of nitrogen functional groups attached to an aromatic ring is 1. The molecule has 0 aromatic heterocycles. The third-order valence-corrected chi connectivity index (χ3v) is 3.89. The summed E-state index contributed by atoms with van der Waals surface area (Å²) >= 11 is 0. The normalized spacial score (nSPS) is 15.0. The van der Waals surface area contributed by atoms with Crippen molar-refractivity contribution in [1.82, 2.24) is 0 Å². The number of rotatable bonds is 2. The van der Waals surface area contributed by atoms with Crippen LogP contribution in [0.4, 0.5) is 5.69 Å². The molecule has 3 rings (SSSR count). The van der Waals surface area contributed by atoms with Gasteiger partial charge in [0, 0.05) is 12.0 Å². The zero-order chi connectivity index (χ0) is 15.9. The molecule has 0 saturated carbocycles. The van der Waals surface area contributed by atoms with Gasteiger partial charge in [-0.25, -0.2) is 4.79 Å². The highest BCUT2D eigenvalue weighted by atomic mass is 16.5. The Bertz CT molecular complexity index is 750. The number of nitrogens with two attached hydrogens (primary N) is 1. The molecule has 1 aliphatic heterocycles. The van der Waals surface area contributed by atoms with E-state index in [9.17, 15) is 4.79 Å². The smallest absolute Gasteiger partial charge is 0.338 e. The summed E-state index contributed by atoms with van der Waals surface area (Å²) in [6.07, 6.45) is 0.748. The molecule has 0 bridgehead atoms. The number of hydrogen-bond acceptors (Lipinski definition) is 4. The Balaban J connectivity index is 2.21. The minimum Gasteiger partial charge on any atom is -0.485 e. The van der Waals surface area contributed by atoms with Crippen LogP contribution in [0.25, 0.3) is 11.1 Å². The fraction of sp³-hybridized carbons (Fsp3) is 0.278. The second-order valence-electron chi connectivity index (χ2n) is 6.09. The first-order chi connectivity index (χ1) is 10.4. The zero-order valence-corrected chi connectivity index (χ0v) is 13.0. The zero-order valence-electron chi connectivity index (χ0n) is 13.0. The molecule has 0 saturated heterocycles. The minimum absolute atomic E-state index is 0.299. The summed E-state index contributed by atoms with van der Waals surface area (Å²) in [4.78, 5) is 12.0. The lowest BCUT2D eigenvalue weighted by Gasteiger charge is -2.17. The Kier molecular flexibility index (Phi) is 3.32. The maximum absolute atomic E-state index is 12.0. The number of fused-ring (bicyclic) bond motifs is 1. The summed E-state index contributed by atoms with van der Waals surface area (Å²) in [6.45, 7) is 4.06. The average molecular weight is 297 g/mol. The summed E-state index contributed by atoms with van der Waals surface area (Å²) in [7, 11) is 1.39. The van der Waals surface area contributed by atoms with Crippen LogP contribution < -0.4 is 10.5 Å². The summed E-state index contributed by atoms with van der Waals surface area (Å²) in [5.41, 5.74) is 9.77. The lowest BCUT2D eigenvalue weighted by molar-refractivity contribution is 0.0601. The van der Waals surface area contributed by atoms with Gasteiger partial charge in [-0.3, -0.25) is 0 Å². The maximum atomic E-state index is 12.0. The van der Waals surface area contributed by atoms with E-state index < -0.39 is 0 Å². The van der Waals surface area contributed by atoms with Crippen molar-refractivity contribution in [3.8, 4) is 16.9 Å². The molecular weight excluding hydrogens is 278 g/mol. The highest BCUT2D eigenvalue weighted by Crippen LogP contribution is 2.45. The highest BCUT2D eigenvalue weighted by Gasteiger charge is 2.34. The number of anilines is 1. The average Bonchev–Trinajstić information content (AvgIpc) is 2.83. The third-order valence-electron chi connectivity index (χ3n) is 3.89. The molecule has 2 N–H and O–H groups in total. The maximum Gasteiger partial charge on any atom is 0.338 e. The van der Waals surface area contributed by atoms with Gasteiger partial charge in [0.2, 0.25) is 0 Å². The van der Waals surface area contributed by atoms with Crippen LogP contribution >= 0.6 is 0 Å². The van der Waals surface area contributed by atoms with Crippen LogP contribution in [-0.2, 0) is 11.2 Å². The van der Waals surface area contributed by atoms with Crippen molar-refractivity contribution < 1.29 is 14.3 Å². The van der Waals surface area contributed by atoms with E-state index in [1.807, 2.05) is 44.2 Å². The molecule has 0 atom stereocenters. The predicted octanol–water partition coefficient (Wildman–Crippen LogP) is 3.44. The lowest BCUT2D eigenvalue weighted by atomic mass is 9.91. The van der Waals surface area contributed by atoms with Crippen molar-refractivity contribution >= 4 is 11.7 Å². The van der Waals surface area contributed by atoms with Crippen LogP contribution in [0, 0.1) is 0 Å². The first kappa shape index (κ1) is 14.4. The summed E-state index contributed by atoms with van der Waals surface area (Å²) in [6, 6.07) is 11.2. The van der Waals surface area contributed by atoms with E-state index in [1.54, 1.807) is 6.07 Å². The quantitative estimate of drug-likeness (QED) is 0.681. The van der Waals surface area contributed by atoms with E-state index >= 15 is 0 Å². The van der Waals surface area contributed by atoms with Crippen LogP contribution in [0.15, 0.2) is 36.4 Å². The number of carbonyl (C=O) groups is 1. The van der Waals surface area contributed by atoms with E-state index in [4.69, 9.17) is 15.2 Å². The monoisotopic (exact) mass is 297 g/mol. The third kappa shape index (κ3) is 2.30. The Labute approximate surface area is 129 Å². The Morgan fingerprint density at radius 1 is 1.18 bits per heavy atom. The first-order valence-corrected chi connectivity index (χ1v) is 7.21. The van der Waals surface area contributed by atoms with Gasteiger partial charge in [0.05, 0.1) is 18.4 Å².